The summed E-state index contributed by atoms with van der Waals surface area (Å²) in [6, 6.07) is 9.15. The molecular weight excluding hydrogens is 428 g/mol. The maximum Gasteiger partial charge on any atom is 0.306 e. The van der Waals surface area contributed by atoms with Crippen LogP contribution < -0.4 is 19.8 Å². The first-order valence-electron chi connectivity index (χ1n) is 10.5. The summed E-state index contributed by atoms with van der Waals surface area (Å²) in [7, 11) is 4.13. The van der Waals surface area contributed by atoms with Crippen LogP contribution in [-0.4, -0.2) is 49.2 Å². The Balaban J connectivity index is 1.78. The van der Waals surface area contributed by atoms with Crippen LogP contribution in [-0.2, 0) is 22.4 Å². The molecule has 4 rings (SSSR count). The van der Waals surface area contributed by atoms with Gasteiger partial charge in [0.1, 0.15) is 5.75 Å². The first-order valence-corrected chi connectivity index (χ1v) is 10.5. The van der Waals surface area contributed by atoms with Crippen LogP contribution in [0.15, 0.2) is 35.1 Å². The maximum absolute atomic E-state index is 12.9. The highest BCUT2D eigenvalue weighted by Crippen LogP contribution is 2.41. The Morgan fingerprint density at radius 2 is 1.85 bits per heavy atom. The Bertz CT molecular complexity index is 1200. The monoisotopic (exact) mass is 454 g/mol. The Hall–Kier alpha value is -3.88. The third-order valence-corrected chi connectivity index (χ3v) is 5.88. The van der Waals surface area contributed by atoms with Crippen LogP contribution in [0.1, 0.15) is 40.3 Å². The summed E-state index contributed by atoms with van der Waals surface area (Å²) in [6.45, 7) is 0.663. The number of rotatable bonds is 8. The van der Waals surface area contributed by atoms with Gasteiger partial charge < -0.3 is 29.2 Å². The van der Waals surface area contributed by atoms with E-state index in [0.29, 0.717) is 29.8 Å². The molecule has 2 aromatic carbocycles. The molecule has 9 nitrogen and oxygen atoms in total. The van der Waals surface area contributed by atoms with Gasteiger partial charge in [-0.05, 0) is 34.9 Å². The van der Waals surface area contributed by atoms with Gasteiger partial charge >= 0.3 is 5.97 Å². The summed E-state index contributed by atoms with van der Waals surface area (Å²) in [4.78, 5) is 25.2. The van der Waals surface area contributed by atoms with Crippen LogP contribution in [0.5, 0.6) is 23.0 Å². The van der Waals surface area contributed by atoms with Crippen LogP contribution >= 0.6 is 0 Å². The number of carbonyl (C=O) groups excluding carboxylic acids is 1. The fourth-order valence-electron chi connectivity index (χ4n) is 4.22. The number of nitrogens with one attached hydrogen (secondary N) is 2. The van der Waals surface area contributed by atoms with Crippen LogP contribution in [0, 0.1) is 0 Å². The SMILES string of the molecule is COC(=O)C[C@H](c1cc(OC)c(O)c(OC)c1)c1c(Cc2ccc3c(c2)CCO3)[nH][nH]c1=O. The minimum absolute atomic E-state index is 0.0838. The standard InChI is InChI=1S/C24H26N2O7/c1-30-19-10-15(11-20(31-2)23(19)28)16(12-21(27)32-3)22-17(25-26-24(22)29)9-13-4-5-18-14(8-13)6-7-33-18/h4-5,8,10-11,16,28H,6-7,9,12H2,1-3H3,(H2,25,26,29)/t16-/m1/s1. The Morgan fingerprint density at radius 3 is 2.52 bits per heavy atom. The largest absolute Gasteiger partial charge is 0.502 e. The molecule has 0 fully saturated rings. The third kappa shape index (κ3) is 4.39. The van der Waals surface area contributed by atoms with Crippen molar-refractivity contribution in [3.05, 3.63) is 68.6 Å². The second-order valence-electron chi connectivity index (χ2n) is 7.80. The summed E-state index contributed by atoms with van der Waals surface area (Å²) in [5.41, 5.74) is 3.43. The number of carbonyl (C=O) groups is 1. The number of fused-ring (bicyclic) bond motifs is 1. The van der Waals surface area contributed by atoms with E-state index in [1.54, 1.807) is 12.1 Å². The van der Waals surface area contributed by atoms with Crippen molar-refractivity contribution in [3.63, 3.8) is 0 Å². The van der Waals surface area contributed by atoms with Gasteiger partial charge in [-0.1, -0.05) is 12.1 Å². The zero-order valence-corrected chi connectivity index (χ0v) is 18.7. The molecule has 0 saturated carbocycles. The Labute approximate surface area is 190 Å². The van der Waals surface area contributed by atoms with Gasteiger partial charge in [0.2, 0.25) is 5.75 Å². The first kappa shape index (κ1) is 22.3. The summed E-state index contributed by atoms with van der Waals surface area (Å²) >= 11 is 0. The normalized spacial score (nSPS) is 13.2. The van der Waals surface area contributed by atoms with E-state index in [0.717, 1.165) is 23.3 Å². The van der Waals surface area contributed by atoms with Gasteiger partial charge in [0.25, 0.3) is 5.56 Å². The summed E-state index contributed by atoms with van der Waals surface area (Å²) < 4.78 is 21.0. The van der Waals surface area contributed by atoms with Gasteiger partial charge in [0.15, 0.2) is 11.5 Å². The van der Waals surface area contributed by atoms with E-state index in [2.05, 4.69) is 16.3 Å². The van der Waals surface area contributed by atoms with Crippen molar-refractivity contribution in [2.24, 2.45) is 0 Å². The van der Waals surface area contributed by atoms with E-state index in [4.69, 9.17) is 18.9 Å². The number of benzene rings is 2. The molecule has 9 heteroatoms. The van der Waals surface area contributed by atoms with Gasteiger partial charge in [-0.25, -0.2) is 0 Å². The third-order valence-electron chi connectivity index (χ3n) is 5.88. The second kappa shape index (κ2) is 9.32. The molecule has 0 aliphatic carbocycles. The molecule has 1 aliphatic rings. The van der Waals surface area contributed by atoms with Crippen molar-refractivity contribution in [3.8, 4) is 23.0 Å². The number of hydrogen-bond donors (Lipinski definition) is 3. The zero-order chi connectivity index (χ0) is 23.5. The van der Waals surface area contributed by atoms with E-state index in [9.17, 15) is 14.7 Å². The fourth-order valence-corrected chi connectivity index (χ4v) is 4.22. The van der Waals surface area contributed by atoms with E-state index in [1.807, 2.05) is 12.1 Å². The van der Waals surface area contributed by atoms with Crippen molar-refractivity contribution in [1.29, 1.82) is 0 Å². The van der Waals surface area contributed by atoms with Crippen molar-refractivity contribution in [1.82, 2.24) is 10.2 Å². The number of esters is 1. The molecule has 0 spiro atoms. The van der Waals surface area contributed by atoms with E-state index in [1.165, 1.54) is 21.3 Å². The lowest BCUT2D eigenvalue weighted by Gasteiger charge is -2.19. The number of aromatic hydroxyl groups is 1. The van der Waals surface area contributed by atoms with Gasteiger partial charge in [-0.2, -0.15) is 0 Å². The molecule has 2 heterocycles. The van der Waals surface area contributed by atoms with Crippen molar-refractivity contribution in [2.45, 2.75) is 25.2 Å². The lowest BCUT2D eigenvalue weighted by atomic mass is 9.86. The highest BCUT2D eigenvalue weighted by Gasteiger charge is 2.28. The minimum Gasteiger partial charge on any atom is -0.502 e. The molecule has 3 aromatic rings. The number of phenolic OH excluding ortho intramolecular Hbond substituents is 1. The van der Waals surface area contributed by atoms with Gasteiger partial charge in [0, 0.05) is 30.0 Å². The topological polar surface area (TPSA) is 123 Å². The molecular formula is C24H26N2O7. The van der Waals surface area contributed by atoms with E-state index in [-0.39, 0.29) is 29.2 Å². The van der Waals surface area contributed by atoms with Crippen LogP contribution in [0.2, 0.25) is 0 Å². The van der Waals surface area contributed by atoms with Crippen molar-refractivity contribution >= 4 is 5.97 Å². The molecule has 33 heavy (non-hydrogen) atoms. The average Bonchev–Trinajstić information content (AvgIpc) is 3.43. The number of aromatic nitrogens is 2. The van der Waals surface area contributed by atoms with Gasteiger partial charge in [-0.3, -0.25) is 14.7 Å². The number of phenols is 1. The smallest absolute Gasteiger partial charge is 0.306 e. The molecule has 0 unspecified atom stereocenters. The highest BCUT2D eigenvalue weighted by molar-refractivity contribution is 5.72. The summed E-state index contributed by atoms with van der Waals surface area (Å²) in [6.07, 6.45) is 1.21. The molecule has 1 atom stereocenters. The second-order valence-corrected chi connectivity index (χ2v) is 7.80. The maximum atomic E-state index is 12.9. The minimum atomic E-state index is -0.663. The van der Waals surface area contributed by atoms with Gasteiger partial charge in [-0.15, -0.1) is 0 Å². The number of methoxy groups -OCH3 is 3. The average molecular weight is 454 g/mol. The number of hydrogen-bond acceptors (Lipinski definition) is 7. The predicted molar refractivity (Wildman–Crippen MR) is 120 cm³/mol. The van der Waals surface area contributed by atoms with Crippen LogP contribution in [0.25, 0.3) is 0 Å². The zero-order valence-electron chi connectivity index (χ0n) is 18.7. The van der Waals surface area contributed by atoms with Crippen LogP contribution in [0.3, 0.4) is 0 Å². The summed E-state index contributed by atoms with van der Waals surface area (Å²) in [5.74, 6) is -0.0777. The fraction of sp³-hybridized carbons (Fsp3) is 0.333. The highest BCUT2D eigenvalue weighted by atomic mass is 16.5. The first-order chi connectivity index (χ1) is 15.9. The molecule has 0 bridgehead atoms. The molecule has 0 radical (unpaired) electrons. The molecule has 3 N–H and O–H groups in total. The number of ether oxygens (including phenoxy) is 4. The van der Waals surface area contributed by atoms with Crippen molar-refractivity contribution in [2.75, 3.05) is 27.9 Å². The molecule has 0 amide bonds. The van der Waals surface area contributed by atoms with E-state index >= 15 is 0 Å². The Kier molecular flexibility index (Phi) is 6.30. The lowest BCUT2D eigenvalue weighted by Crippen LogP contribution is -2.18. The number of aromatic amines is 2. The summed E-state index contributed by atoms with van der Waals surface area (Å²) in [5, 5.41) is 15.9. The van der Waals surface area contributed by atoms with Gasteiger partial charge in [0.05, 0.1) is 34.4 Å². The molecule has 1 aromatic heterocycles. The molecule has 0 saturated heterocycles. The lowest BCUT2D eigenvalue weighted by molar-refractivity contribution is -0.140. The van der Waals surface area contributed by atoms with E-state index < -0.39 is 11.9 Å². The Morgan fingerprint density at radius 1 is 1.12 bits per heavy atom. The molecule has 1 aliphatic heterocycles. The number of H-pyrrole nitrogens is 2. The van der Waals surface area contributed by atoms with Crippen molar-refractivity contribution < 1.29 is 28.8 Å². The predicted octanol–water partition coefficient (Wildman–Crippen LogP) is 2.65. The molecule has 174 valence electrons. The quantitative estimate of drug-likeness (QED) is 0.447. The van der Waals surface area contributed by atoms with Crippen LogP contribution in [0.4, 0.5) is 0 Å².